The fourth-order valence-corrected chi connectivity index (χ4v) is 4.95. The molecular weight excluding hydrogens is 302 g/mol. The lowest BCUT2D eigenvalue weighted by Gasteiger charge is -2.38. The van der Waals surface area contributed by atoms with E-state index in [2.05, 4.69) is 6.58 Å². The van der Waals surface area contributed by atoms with Crippen LogP contribution in [0.3, 0.4) is 0 Å². The molecule has 0 unspecified atom stereocenters. The molecule has 0 radical (unpaired) electrons. The number of hydrogen-bond donors (Lipinski definition) is 0. The molecule has 0 N–H and O–H groups in total. The van der Waals surface area contributed by atoms with Gasteiger partial charge in [0.1, 0.15) is 6.10 Å². The Balaban J connectivity index is 1.82. The van der Waals surface area contributed by atoms with Crippen molar-refractivity contribution >= 4 is 10.0 Å². The fraction of sp³-hybridized carbons (Fsp3) is 0.500. The lowest BCUT2D eigenvalue weighted by atomic mass is 10.1. The summed E-state index contributed by atoms with van der Waals surface area (Å²) >= 11 is 0. The Morgan fingerprint density at radius 2 is 2.09 bits per heavy atom. The highest BCUT2D eigenvalue weighted by molar-refractivity contribution is 7.89. The molecule has 120 valence electrons. The van der Waals surface area contributed by atoms with Gasteiger partial charge in [0, 0.05) is 6.54 Å². The molecule has 0 amide bonds. The highest BCUT2D eigenvalue weighted by Gasteiger charge is 2.47. The second-order valence-corrected chi connectivity index (χ2v) is 7.46. The Morgan fingerprint density at radius 1 is 1.32 bits per heavy atom. The summed E-state index contributed by atoms with van der Waals surface area (Å²) in [4.78, 5) is 0.339. The van der Waals surface area contributed by atoms with Gasteiger partial charge in [0.05, 0.1) is 30.3 Å². The van der Waals surface area contributed by atoms with Gasteiger partial charge in [0.15, 0.2) is 0 Å². The molecule has 5 nitrogen and oxygen atoms in total. The quantitative estimate of drug-likeness (QED) is 0.776. The third-order valence-electron chi connectivity index (χ3n) is 4.26. The van der Waals surface area contributed by atoms with E-state index in [0.717, 1.165) is 12.8 Å². The van der Waals surface area contributed by atoms with Gasteiger partial charge in [-0.1, -0.05) is 24.3 Å². The molecule has 1 aliphatic carbocycles. The first-order valence-corrected chi connectivity index (χ1v) is 8.99. The highest BCUT2D eigenvalue weighted by Crippen LogP contribution is 2.35. The largest absolute Gasteiger partial charge is 0.372 e. The number of sulfonamides is 1. The minimum atomic E-state index is -3.48. The number of nitrogens with zero attached hydrogens (tertiary/aromatic N) is 1. The van der Waals surface area contributed by atoms with E-state index in [4.69, 9.17) is 9.47 Å². The van der Waals surface area contributed by atoms with Crippen molar-refractivity contribution in [1.82, 2.24) is 4.31 Å². The molecule has 1 aromatic rings. The summed E-state index contributed by atoms with van der Waals surface area (Å²) < 4.78 is 38.9. The Bertz CT molecular complexity index is 616. The van der Waals surface area contributed by atoms with E-state index >= 15 is 0 Å². The third-order valence-corrected chi connectivity index (χ3v) is 6.20. The van der Waals surface area contributed by atoms with E-state index in [1.807, 2.05) is 6.07 Å². The van der Waals surface area contributed by atoms with E-state index in [9.17, 15) is 8.42 Å². The smallest absolute Gasteiger partial charge is 0.243 e. The summed E-state index contributed by atoms with van der Waals surface area (Å²) in [6.07, 6.45) is 3.03. The average Bonchev–Trinajstić information content (AvgIpc) is 2.96. The van der Waals surface area contributed by atoms with E-state index in [1.54, 1.807) is 34.6 Å². The summed E-state index contributed by atoms with van der Waals surface area (Å²) in [7, 11) is -3.48. The van der Waals surface area contributed by atoms with Crippen molar-refractivity contribution in [3.63, 3.8) is 0 Å². The minimum absolute atomic E-state index is 0.0585. The zero-order chi connectivity index (χ0) is 15.6. The van der Waals surface area contributed by atoms with Gasteiger partial charge in [-0.2, -0.15) is 4.31 Å². The zero-order valence-corrected chi connectivity index (χ0v) is 13.2. The lowest BCUT2D eigenvalue weighted by molar-refractivity contribution is -0.0911. The number of morpholine rings is 1. The molecule has 0 aromatic heterocycles. The van der Waals surface area contributed by atoms with Gasteiger partial charge in [-0.05, 0) is 25.0 Å². The molecule has 1 aromatic carbocycles. The summed E-state index contributed by atoms with van der Waals surface area (Å²) in [5, 5.41) is 0. The molecule has 6 heteroatoms. The normalized spacial score (nSPS) is 29.2. The van der Waals surface area contributed by atoms with Crippen molar-refractivity contribution in [2.75, 3.05) is 19.8 Å². The van der Waals surface area contributed by atoms with Gasteiger partial charge in [-0.25, -0.2) is 8.42 Å². The average molecular weight is 323 g/mol. The van der Waals surface area contributed by atoms with Crippen LogP contribution in [0.1, 0.15) is 12.8 Å². The molecule has 1 saturated carbocycles. The third kappa shape index (κ3) is 2.84. The summed E-state index contributed by atoms with van der Waals surface area (Å²) in [6.45, 7) is 4.91. The first-order valence-electron chi connectivity index (χ1n) is 7.55. The Labute approximate surface area is 131 Å². The van der Waals surface area contributed by atoms with Gasteiger partial charge >= 0.3 is 0 Å². The van der Waals surface area contributed by atoms with Gasteiger partial charge in [-0.15, -0.1) is 6.58 Å². The Kier molecular flexibility index (Phi) is 4.63. The molecule has 1 saturated heterocycles. The number of hydrogen-bond acceptors (Lipinski definition) is 4. The molecule has 1 heterocycles. The summed E-state index contributed by atoms with van der Waals surface area (Å²) in [5.74, 6) is 0. The molecule has 3 rings (SSSR count). The van der Waals surface area contributed by atoms with Gasteiger partial charge < -0.3 is 9.47 Å². The zero-order valence-electron chi connectivity index (χ0n) is 12.4. The molecule has 2 aliphatic rings. The van der Waals surface area contributed by atoms with Crippen LogP contribution in [0.2, 0.25) is 0 Å². The first kappa shape index (κ1) is 15.7. The second kappa shape index (κ2) is 6.50. The van der Waals surface area contributed by atoms with Crippen LogP contribution in [0.25, 0.3) is 0 Å². The van der Waals surface area contributed by atoms with Gasteiger partial charge in [0.25, 0.3) is 0 Å². The monoisotopic (exact) mass is 323 g/mol. The maximum absolute atomic E-state index is 12.9. The van der Waals surface area contributed by atoms with Crippen molar-refractivity contribution in [1.29, 1.82) is 0 Å². The van der Waals surface area contributed by atoms with Crippen LogP contribution in [-0.2, 0) is 19.5 Å². The number of ether oxygens (including phenoxy) is 2. The molecule has 0 bridgehead atoms. The predicted octanol–water partition coefficient (Wildman–Crippen LogP) is 1.81. The van der Waals surface area contributed by atoms with Crippen molar-refractivity contribution in [2.24, 2.45) is 0 Å². The Morgan fingerprint density at radius 3 is 2.82 bits per heavy atom. The summed E-state index contributed by atoms with van der Waals surface area (Å²) in [5.41, 5.74) is 0. The Hall–Kier alpha value is -1.21. The number of rotatable bonds is 5. The minimum Gasteiger partial charge on any atom is -0.372 e. The molecular formula is C16H21NO4S. The summed E-state index contributed by atoms with van der Waals surface area (Å²) in [6, 6.07) is 8.44. The van der Waals surface area contributed by atoms with E-state index in [-0.39, 0.29) is 18.2 Å². The van der Waals surface area contributed by atoms with Crippen LogP contribution in [-0.4, -0.2) is 50.7 Å². The SMILES string of the molecule is C=CCO[C@H]1CC[C@H]2[C@H]1OCCN2S(=O)(=O)c1ccccc1. The van der Waals surface area contributed by atoms with Gasteiger partial charge in [0.2, 0.25) is 10.0 Å². The van der Waals surface area contributed by atoms with E-state index in [0.29, 0.717) is 24.7 Å². The van der Waals surface area contributed by atoms with E-state index < -0.39 is 10.0 Å². The van der Waals surface area contributed by atoms with Gasteiger partial charge in [-0.3, -0.25) is 0 Å². The van der Waals surface area contributed by atoms with Crippen molar-refractivity contribution in [3.05, 3.63) is 43.0 Å². The number of fused-ring (bicyclic) bond motifs is 1. The van der Waals surface area contributed by atoms with Crippen LogP contribution in [0.15, 0.2) is 47.9 Å². The molecule has 0 spiro atoms. The topological polar surface area (TPSA) is 55.8 Å². The maximum Gasteiger partial charge on any atom is 0.243 e. The predicted molar refractivity (Wildman–Crippen MR) is 83.0 cm³/mol. The number of benzene rings is 1. The van der Waals surface area contributed by atoms with Crippen molar-refractivity contribution < 1.29 is 17.9 Å². The van der Waals surface area contributed by atoms with Crippen LogP contribution < -0.4 is 0 Å². The van der Waals surface area contributed by atoms with Crippen molar-refractivity contribution in [2.45, 2.75) is 36.0 Å². The second-order valence-electron chi connectivity index (χ2n) is 5.57. The molecule has 22 heavy (non-hydrogen) atoms. The molecule has 1 aliphatic heterocycles. The standard InChI is InChI=1S/C16H21NO4S/c1-2-11-20-15-9-8-14-16(15)21-12-10-17(14)22(18,19)13-6-4-3-5-7-13/h2-7,14-16H,1,8-12H2/t14-,15-,16+/m0/s1. The van der Waals surface area contributed by atoms with Crippen LogP contribution in [0.5, 0.6) is 0 Å². The van der Waals surface area contributed by atoms with Crippen LogP contribution >= 0.6 is 0 Å². The van der Waals surface area contributed by atoms with Crippen LogP contribution in [0, 0.1) is 0 Å². The molecule has 2 fully saturated rings. The molecule has 3 atom stereocenters. The van der Waals surface area contributed by atoms with Crippen LogP contribution in [0.4, 0.5) is 0 Å². The first-order chi connectivity index (χ1) is 10.6. The lowest BCUT2D eigenvalue weighted by Crippen LogP contribution is -2.53. The van der Waals surface area contributed by atoms with Crippen molar-refractivity contribution in [3.8, 4) is 0 Å². The van der Waals surface area contributed by atoms with E-state index in [1.165, 1.54) is 0 Å². The highest BCUT2D eigenvalue weighted by atomic mass is 32.2. The maximum atomic E-state index is 12.9. The fourth-order valence-electron chi connectivity index (χ4n) is 3.28.